The summed E-state index contributed by atoms with van der Waals surface area (Å²) in [5.41, 5.74) is -1.84. The Bertz CT molecular complexity index is 679. The van der Waals surface area contributed by atoms with Crippen LogP contribution < -0.4 is 5.32 Å². The van der Waals surface area contributed by atoms with E-state index in [0.717, 1.165) is 19.2 Å². The van der Waals surface area contributed by atoms with Gasteiger partial charge in [-0.25, -0.2) is 8.42 Å². The lowest BCUT2D eigenvalue weighted by atomic mass is 10.1. The molecule has 0 aliphatic rings. The van der Waals surface area contributed by atoms with E-state index in [0.29, 0.717) is 10.4 Å². The van der Waals surface area contributed by atoms with Gasteiger partial charge in [-0.15, -0.1) is 0 Å². The number of nitrogens with zero attached hydrogens (tertiary/aromatic N) is 1. The van der Waals surface area contributed by atoms with E-state index in [1.165, 1.54) is 6.07 Å². The molecule has 1 aromatic carbocycles. The molecule has 0 saturated carbocycles. The van der Waals surface area contributed by atoms with Crippen LogP contribution in [0.25, 0.3) is 0 Å². The minimum absolute atomic E-state index is 0.578. The van der Waals surface area contributed by atoms with Crippen LogP contribution in [-0.2, 0) is 21.0 Å². The maximum Gasteiger partial charge on any atom is 0.417 e. The van der Waals surface area contributed by atoms with Gasteiger partial charge in [0.05, 0.1) is 17.0 Å². The molecule has 0 fully saturated rings. The van der Waals surface area contributed by atoms with Crippen molar-refractivity contribution in [1.82, 2.24) is 9.62 Å². The highest BCUT2D eigenvalue weighted by atomic mass is 32.2. The summed E-state index contributed by atoms with van der Waals surface area (Å²) in [6, 6.07) is 3.87. The summed E-state index contributed by atoms with van der Waals surface area (Å²) in [4.78, 5) is 10.9. The molecule has 1 N–H and O–H groups in total. The molecule has 0 bridgehead atoms. The predicted octanol–water partition coefficient (Wildman–Crippen LogP) is 2.24. The Kier molecular flexibility index (Phi) is 5.48. The molecule has 0 spiro atoms. The van der Waals surface area contributed by atoms with E-state index in [4.69, 9.17) is 0 Å². The Hall–Kier alpha value is -1.61. The average molecular weight is 352 g/mol. The van der Waals surface area contributed by atoms with Crippen molar-refractivity contribution in [3.63, 3.8) is 0 Å². The number of rotatable bonds is 4. The molecule has 9 heteroatoms. The maximum atomic E-state index is 13.0. The van der Waals surface area contributed by atoms with Crippen molar-refractivity contribution in [2.75, 3.05) is 13.6 Å². The van der Waals surface area contributed by atoms with Crippen molar-refractivity contribution in [2.24, 2.45) is 0 Å². The summed E-state index contributed by atoms with van der Waals surface area (Å²) in [6.07, 6.45) is -4.81. The summed E-state index contributed by atoms with van der Waals surface area (Å²) in [5.74, 6) is -0.604. The van der Waals surface area contributed by atoms with Gasteiger partial charge in [-0.1, -0.05) is 12.1 Å². The number of sulfonamides is 1. The van der Waals surface area contributed by atoms with E-state index in [2.05, 4.69) is 5.32 Å². The molecule has 0 aliphatic carbocycles. The first-order valence-corrected chi connectivity index (χ1v) is 8.13. The van der Waals surface area contributed by atoms with Crippen LogP contribution in [-0.4, -0.2) is 37.8 Å². The second-order valence-electron chi connectivity index (χ2n) is 6.05. The van der Waals surface area contributed by atoms with Crippen LogP contribution in [0.15, 0.2) is 29.2 Å². The first kappa shape index (κ1) is 19.4. The fraction of sp³-hybridized carbons (Fsp3) is 0.500. The van der Waals surface area contributed by atoms with Crippen LogP contribution in [0.2, 0.25) is 0 Å². The molecular formula is C14H19F3N2O3S. The van der Waals surface area contributed by atoms with Crippen LogP contribution >= 0.6 is 0 Å². The van der Waals surface area contributed by atoms with Gasteiger partial charge in [0.15, 0.2) is 0 Å². The third-order valence-electron chi connectivity index (χ3n) is 2.76. The fourth-order valence-corrected chi connectivity index (χ4v) is 3.17. The van der Waals surface area contributed by atoms with Crippen molar-refractivity contribution in [3.8, 4) is 0 Å². The quantitative estimate of drug-likeness (QED) is 0.904. The molecule has 0 radical (unpaired) electrons. The molecule has 130 valence electrons. The predicted molar refractivity (Wildman–Crippen MR) is 79.2 cm³/mol. The van der Waals surface area contributed by atoms with Crippen molar-refractivity contribution in [1.29, 1.82) is 0 Å². The van der Waals surface area contributed by atoms with Gasteiger partial charge in [-0.3, -0.25) is 4.79 Å². The summed E-state index contributed by atoms with van der Waals surface area (Å²) in [6.45, 7) is 4.54. The Morgan fingerprint density at radius 1 is 1.17 bits per heavy atom. The van der Waals surface area contributed by atoms with Crippen molar-refractivity contribution in [2.45, 2.75) is 37.4 Å². The van der Waals surface area contributed by atoms with E-state index >= 15 is 0 Å². The number of amides is 1. The Balaban J connectivity index is 3.11. The molecule has 0 saturated heterocycles. The van der Waals surface area contributed by atoms with Crippen LogP contribution in [0.5, 0.6) is 0 Å². The van der Waals surface area contributed by atoms with E-state index < -0.39 is 44.6 Å². The number of hydrogen-bond donors (Lipinski definition) is 1. The molecule has 1 amide bonds. The second kappa shape index (κ2) is 6.48. The maximum absolute atomic E-state index is 13.0. The van der Waals surface area contributed by atoms with Gasteiger partial charge in [-0.05, 0) is 32.9 Å². The monoisotopic (exact) mass is 352 g/mol. The summed E-state index contributed by atoms with van der Waals surface area (Å²) in [5, 5.41) is 2.55. The zero-order chi connectivity index (χ0) is 18.1. The van der Waals surface area contributed by atoms with E-state index in [1.807, 2.05) is 0 Å². The van der Waals surface area contributed by atoms with E-state index in [1.54, 1.807) is 20.8 Å². The third-order valence-corrected chi connectivity index (χ3v) is 4.62. The highest BCUT2D eigenvalue weighted by Gasteiger charge is 2.38. The van der Waals surface area contributed by atoms with Crippen LogP contribution in [0, 0.1) is 0 Å². The SMILES string of the molecule is CN(CC(=O)NC(C)(C)C)S(=O)(=O)c1ccccc1C(F)(F)F. The van der Waals surface area contributed by atoms with Crippen LogP contribution in [0.1, 0.15) is 26.3 Å². The second-order valence-corrected chi connectivity index (χ2v) is 8.07. The fourth-order valence-electron chi connectivity index (χ4n) is 1.84. The molecule has 23 heavy (non-hydrogen) atoms. The molecular weight excluding hydrogens is 333 g/mol. The minimum atomic E-state index is -4.81. The number of carbonyl (C=O) groups is 1. The zero-order valence-corrected chi connectivity index (χ0v) is 14.0. The Labute approximate surface area is 133 Å². The highest BCUT2D eigenvalue weighted by molar-refractivity contribution is 7.89. The first-order valence-electron chi connectivity index (χ1n) is 6.69. The highest BCUT2D eigenvalue weighted by Crippen LogP contribution is 2.34. The number of benzene rings is 1. The number of likely N-dealkylation sites (N-methyl/N-ethyl adjacent to an activating group) is 1. The van der Waals surface area contributed by atoms with Gasteiger partial charge >= 0.3 is 6.18 Å². The van der Waals surface area contributed by atoms with Gasteiger partial charge in [-0.2, -0.15) is 17.5 Å². The number of alkyl halides is 3. The molecule has 0 heterocycles. The van der Waals surface area contributed by atoms with Gasteiger partial charge in [0.25, 0.3) is 0 Å². The lowest BCUT2D eigenvalue weighted by Crippen LogP contribution is -2.46. The van der Waals surface area contributed by atoms with Crippen molar-refractivity contribution in [3.05, 3.63) is 29.8 Å². The molecule has 0 aliphatic heterocycles. The van der Waals surface area contributed by atoms with E-state index in [-0.39, 0.29) is 0 Å². The van der Waals surface area contributed by atoms with Crippen LogP contribution in [0.4, 0.5) is 13.2 Å². The number of carbonyl (C=O) groups excluding carboxylic acids is 1. The summed E-state index contributed by atoms with van der Waals surface area (Å²) >= 11 is 0. The van der Waals surface area contributed by atoms with Crippen molar-refractivity contribution < 1.29 is 26.4 Å². The number of nitrogens with one attached hydrogen (secondary N) is 1. The Morgan fingerprint density at radius 3 is 2.17 bits per heavy atom. The first-order chi connectivity index (χ1) is 10.2. The van der Waals surface area contributed by atoms with Gasteiger partial charge in [0.2, 0.25) is 15.9 Å². The van der Waals surface area contributed by atoms with Crippen molar-refractivity contribution >= 4 is 15.9 Å². The molecule has 0 aromatic heterocycles. The summed E-state index contributed by atoms with van der Waals surface area (Å²) < 4.78 is 64.2. The van der Waals surface area contributed by atoms with Gasteiger partial charge in [0.1, 0.15) is 0 Å². The molecule has 5 nitrogen and oxygen atoms in total. The van der Waals surface area contributed by atoms with Gasteiger partial charge < -0.3 is 5.32 Å². The smallest absolute Gasteiger partial charge is 0.350 e. The lowest BCUT2D eigenvalue weighted by Gasteiger charge is -2.24. The topological polar surface area (TPSA) is 66.5 Å². The largest absolute Gasteiger partial charge is 0.417 e. The molecule has 0 unspecified atom stereocenters. The van der Waals surface area contributed by atoms with Crippen LogP contribution in [0.3, 0.4) is 0 Å². The van der Waals surface area contributed by atoms with E-state index in [9.17, 15) is 26.4 Å². The third kappa shape index (κ3) is 5.21. The molecule has 1 aromatic rings. The normalized spacial score (nSPS) is 13.2. The lowest BCUT2D eigenvalue weighted by molar-refractivity contribution is -0.139. The van der Waals surface area contributed by atoms with Gasteiger partial charge in [0, 0.05) is 12.6 Å². The molecule has 1 rings (SSSR count). The number of hydrogen-bond acceptors (Lipinski definition) is 3. The number of halogens is 3. The zero-order valence-electron chi connectivity index (χ0n) is 13.2. The summed E-state index contributed by atoms with van der Waals surface area (Å²) in [7, 11) is -3.39. The minimum Gasteiger partial charge on any atom is -0.350 e. The molecule has 0 atom stereocenters. The average Bonchev–Trinajstić information content (AvgIpc) is 2.35. The standard InChI is InChI=1S/C14H19F3N2O3S/c1-13(2,3)18-12(20)9-19(4)23(21,22)11-8-6-5-7-10(11)14(15,16)17/h5-8H,9H2,1-4H3,(H,18,20). The Morgan fingerprint density at radius 2 is 1.70 bits per heavy atom.